The highest BCUT2D eigenvalue weighted by Crippen LogP contribution is 2.34. The summed E-state index contributed by atoms with van der Waals surface area (Å²) in [6.07, 6.45) is 0.981. The van der Waals surface area contributed by atoms with Gasteiger partial charge in [-0.15, -0.1) is 0 Å². The summed E-state index contributed by atoms with van der Waals surface area (Å²) in [5.74, 6) is 0.639. The average molecular weight is 415 g/mol. The third-order valence-corrected chi connectivity index (χ3v) is 5.68. The normalized spacial score (nSPS) is 13.6. The second-order valence-corrected chi connectivity index (χ2v) is 7.67. The van der Waals surface area contributed by atoms with Crippen molar-refractivity contribution < 1.29 is 14.3 Å². The van der Waals surface area contributed by atoms with Gasteiger partial charge < -0.3 is 15.0 Å². The molecule has 0 bridgehead atoms. The zero-order valence-electron chi connectivity index (χ0n) is 17.6. The Hall–Kier alpha value is -3.60. The highest BCUT2D eigenvalue weighted by atomic mass is 16.5. The van der Waals surface area contributed by atoms with Crippen molar-refractivity contribution in [1.82, 2.24) is 10.2 Å². The van der Waals surface area contributed by atoms with E-state index in [2.05, 4.69) is 5.32 Å². The van der Waals surface area contributed by atoms with Gasteiger partial charge in [-0.1, -0.05) is 60.7 Å². The molecule has 0 spiro atoms. The van der Waals surface area contributed by atoms with Crippen LogP contribution in [0.15, 0.2) is 78.9 Å². The van der Waals surface area contributed by atoms with Crippen molar-refractivity contribution in [3.05, 3.63) is 101 Å². The number of carbonyl (C=O) groups is 2. The van der Waals surface area contributed by atoms with Crippen LogP contribution in [0.1, 0.15) is 39.5 Å². The quantitative estimate of drug-likeness (QED) is 0.603. The Morgan fingerprint density at radius 2 is 1.71 bits per heavy atom. The van der Waals surface area contributed by atoms with Gasteiger partial charge in [-0.25, -0.2) is 0 Å². The molecule has 0 saturated carbocycles. The highest BCUT2D eigenvalue weighted by molar-refractivity contribution is 5.98. The fraction of sp³-hybridized carbons (Fsp3) is 0.231. The van der Waals surface area contributed by atoms with Gasteiger partial charge in [0.25, 0.3) is 5.91 Å². The van der Waals surface area contributed by atoms with E-state index in [0.29, 0.717) is 18.7 Å². The number of fused-ring (bicyclic) bond motifs is 1. The molecular formula is C26H26N2O3. The molecule has 3 aromatic carbocycles. The number of ether oxygens (including phenoxy) is 1. The Morgan fingerprint density at radius 3 is 2.42 bits per heavy atom. The molecule has 31 heavy (non-hydrogen) atoms. The van der Waals surface area contributed by atoms with Gasteiger partial charge in [0, 0.05) is 18.7 Å². The summed E-state index contributed by atoms with van der Waals surface area (Å²) in [4.78, 5) is 27.7. The smallest absolute Gasteiger partial charge is 0.255 e. The molecule has 1 N–H and O–H groups in total. The average Bonchev–Trinajstić information content (AvgIpc) is 3.15. The van der Waals surface area contributed by atoms with Gasteiger partial charge in [0.15, 0.2) is 0 Å². The summed E-state index contributed by atoms with van der Waals surface area (Å²) in [6.45, 7) is 1.06. The van der Waals surface area contributed by atoms with Crippen LogP contribution in [0.4, 0.5) is 0 Å². The highest BCUT2D eigenvalue weighted by Gasteiger charge is 2.34. The van der Waals surface area contributed by atoms with E-state index in [1.807, 2.05) is 78.9 Å². The van der Waals surface area contributed by atoms with E-state index in [1.165, 1.54) is 5.56 Å². The van der Waals surface area contributed by atoms with Gasteiger partial charge in [0.05, 0.1) is 19.6 Å². The fourth-order valence-electron chi connectivity index (χ4n) is 4.00. The minimum Gasteiger partial charge on any atom is -0.497 e. The topological polar surface area (TPSA) is 58.6 Å². The summed E-state index contributed by atoms with van der Waals surface area (Å²) in [7, 11) is 1.62. The molecule has 158 valence electrons. The molecule has 0 aromatic heterocycles. The first-order valence-electron chi connectivity index (χ1n) is 10.5. The number of rotatable bonds is 8. The predicted molar refractivity (Wildman–Crippen MR) is 120 cm³/mol. The van der Waals surface area contributed by atoms with Gasteiger partial charge in [-0.2, -0.15) is 0 Å². The van der Waals surface area contributed by atoms with Gasteiger partial charge in [0.1, 0.15) is 5.75 Å². The number of carbonyl (C=O) groups excluding carboxylic acids is 2. The van der Waals surface area contributed by atoms with E-state index in [0.717, 1.165) is 23.3 Å². The molecule has 5 heteroatoms. The van der Waals surface area contributed by atoms with Crippen LogP contribution in [0, 0.1) is 0 Å². The molecule has 5 nitrogen and oxygen atoms in total. The molecule has 0 radical (unpaired) electrons. The zero-order valence-corrected chi connectivity index (χ0v) is 17.6. The summed E-state index contributed by atoms with van der Waals surface area (Å²) in [6, 6.07) is 24.9. The molecule has 1 aliphatic rings. The van der Waals surface area contributed by atoms with Crippen LogP contribution in [-0.2, 0) is 17.8 Å². The molecule has 1 heterocycles. The molecule has 1 unspecified atom stereocenters. The number of methoxy groups -OCH3 is 1. The SMILES string of the molecule is COc1ccc(C(CC(=O)NCCc2ccccc2)N2Cc3ccccc3C2=O)cc1. The first-order valence-corrected chi connectivity index (χ1v) is 10.5. The van der Waals surface area contributed by atoms with Crippen LogP contribution >= 0.6 is 0 Å². The Labute approximate surface area is 182 Å². The molecule has 0 fully saturated rings. The van der Waals surface area contributed by atoms with E-state index in [9.17, 15) is 9.59 Å². The van der Waals surface area contributed by atoms with Gasteiger partial charge in [-0.05, 0) is 41.3 Å². The number of hydrogen-bond acceptors (Lipinski definition) is 3. The number of amides is 2. The summed E-state index contributed by atoms with van der Waals surface area (Å²) >= 11 is 0. The summed E-state index contributed by atoms with van der Waals surface area (Å²) < 4.78 is 5.26. The van der Waals surface area contributed by atoms with Crippen molar-refractivity contribution in [2.24, 2.45) is 0 Å². The van der Waals surface area contributed by atoms with E-state index in [1.54, 1.807) is 12.0 Å². The van der Waals surface area contributed by atoms with Crippen molar-refractivity contribution in [1.29, 1.82) is 0 Å². The predicted octanol–water partition coefficient (Wildman–Crippen LogP) is 4.14. The number of benzene rings is 3. The maximum Gasteiger partial charge on any atom is 0.255 e. The van der Waals surface area contributed by atoms with Gasteiger partial charge >= 0.3 is 0 Å². The Morgan fingerprint density at radius 1 is 1.00 bits per heavy atom. The van der Waals surface area contributed by atoms with Crippen LogP contribution < -0.4 is 10.1 Å². The van der Waals surface area contributed by atoms with Crippen LogP contribution in [0.25, 0.3) is 0 Å². The minimum absolute atomic E-state index is 0.0338. The lowest BCUT2D eigenvalue weighted by Crippen LogP contribution is -2.35. The third kappa shape index (κ3) is 4.77. The maximum atomic E-state index is 13.1. The van der Waals surface area contributed by atoms with E-state index >= 15 is 0 Å². The Balaban J connectivity index is 1.49. The molecular weight excluding hydrogens is 388 g/mol. The lowest BCUT2D eigenvalue weighted by Gasteiger charge is -2.28. The number of hydrogen-bond donors (Lipinski definition) is 1. The third-order valence-electron chi connectivity index (χ3n) is 5.68. The molecule has 0 aliphatic carbocycles. The van der Waals surface area contributed by atoms with Crippen molar-refractivity contribution >= 4 is 11.8 Å². The van der Waals surface area contributed by atoms with Crippen molar-refractivity contribution in [2.75, 3.05) is 13.7 Å². The first-order chi connectivity index (χ1) is 15.2. The Kier molecular flexibility index (Phi) is 6.32. The number of nitrogens with zero attached hydrogens (tertiary/aromatic N) is 1. The van der Waals surface area contributed by atoms with Crippen molar-refractivity contribution in [3.63, 3.8) is 0 Å². The van der Waals surface area contributed by atoms with Crippen LogP contribution in [0.3, 0.4) is 0 Å². The van der Waals surface area contributed by atoms with E-state index in [-0.39, 0.29) is 24.3 Å². The maximum absolute atomic E-state index is 13.1. The molecule has 1 atom stereocenters. The molecule has 2 amide bonds. The first kappa shape index (κ1) is 20.7. The molecule has 3 aromatic rings. The van der Waals surface area contributed by atoms with E-state index in [4.69, 9.17) is 4.74 Å². The van der Waals surface area contributed by atoms with Crippen LogP contribution in [-0.4, -0.2) is 30.4 Å². The minimum atomic E-state index is -0.345. The lowest BCUT2D eigenvalue weighted by molar-refractivity contribution is -0.122. The molecule has 1 aliphatic heterocycles. The van der Waals surface area contributed by atoms with Crippen molar-refractivity contribution in [2.45, 2.75) is 25.4 Å². The second kappa shape index (κ2) is 9.47. The monoisotopic (exact) mass is 414 g/mol. The van der Waals surface area contributed by atoms with Gasteiger partial charge in [0.2, 0.25) is 5.91 Å². The molecule has 0 saturated heterocycles. The number of nitrogens with one attached hydrogen (secondary N) is 1. The van der Waals surface area contributed by atoms with Crippen LogP contribution in [0.2, 0.25) is 0 Å². The molecule has 4 rings (SSSR count). The van der Waals surface area contributed by atoms with Crippen molar-refractivity contribution in [3.8, 4) is 5.75 Å². The Bertz CT molecular complexity index is 1050. The largest absolute Gasteiger partial charge is 0.497 e. The lowest BCUT2D eigenvalue weighted by atomic mass is 10.0. The van der Waals surface area contributed by atoms with Gasteiger partial charge in [-0.3, -0.25) is 9.59 Å². The summed E-state index contributed by atoms with van der Waals surface area (Å²) in [5.41, 5.74) is 3.81. The summed E-state index contributed by atoms with van der Waals surface area (Å²) in [5, 5.41) is 3.01. The zero-order chi connectivity index (χ0) is 21.6. The standard InChI is InChI=1S/C26H26N2O3/c1-31-22-13-11-20(12-14-22)24(28-18-21-9-5-6-10-23(21)26(28)30)17-25(29)27-16-15-19-7-3-2-4-8-19/h2-14,24H,15-18H2,1H3,(H,27,29). The van der Waals surface area contributed by atoms with E-state index < -0.39 is 0 Å². The van der Waals surface area contributed by atoms with Crippen LogP contribution in [0.5, 0.6) is 5.75 Å². The second-order valence-electron chi connectivity index (χ2n) is 7.67. The fourth-order valence-corrected chi connectivity index (χ4v) is 4.00.